The van der Waals surface area contributed by atoms with Gasteiger partial charge in [0.05, 0.1) is 13.0 Å². The van der Waals surface area contributed by atoms with E-state index in [4.69, 9.17) is 21.4 Å². The van der Waals surface area contributed by atoms with Crippen LogP contribution >= 0.6 is 11.6 Å². The zero-order valence-corrected chi connectivity index (χ0v) is 11.8. The summed E-state index contributed by atoms with van der Waals surface area (Å²) in [6.45, 7) is 2.55. The van der Waals surface area contributed by atoms with E-state index in [-0.39, 0.29) is 12.0 Å². The second kappa shape index (κ2) is 5.80. The van der Waals surface area contributed by atoms with Gasteiger partial charge in [-0.15, -0.1) is 0 Å². The minimum Gasteiger partial charge on any atom is -0.496 e. The van der Waals surface area contributed by atoms with Crippen molar-refractivity contribution >= 4 is 17.6 Å². The van der Waals surface area contributed by atoms with Gasteiger partial charge in [0, 0.05) is 17.6 Å². The lowest BCUT2D eigenvalue weighted by Gasteiger charge is -2.18. The van der Waals surface area contributed by atoms with Gasteiger partial charge in [-0.25, -0.2) is 0 Å². The number of ether oxygens (including phenoxy) is 1. The molecule has 2 rings (SSSR count). The standard InChI is InChI=1S/C14H18ClNO3/c1-3-10-11(5-9(15)6-13(10)19-2)12-4-8(7-16-12)14(17)18/h5-6,8,12,16H,3-4,7H2,1-2H3,(H,17,18). The highest BCUT2D eigenvalue weighted by Crippen LogP contribution is 2.36. The SMILES string of the molecule is CCc1c(OC)cc(Cl)cc1C1CC(C(=O)O)CN1. The van der Waals surface area contributed by atoms with Crippen LogP contribution in [-0.2, 0) is 11.2 Å². The molecule has 0 bridgehead atoms. The van der Waals surface area contributed by atoms with Crippen LogP contribution in [0.3, 0.4) is 0 Å². The lowest BCUT2D eigenvalue weighted by Crippen LogP contribution is -2.18. The number of benzene rings is 1. The smallest absolute Gasteiger partial charge is 0.307 e. The van der Waals surface area contributed by atoms with Crippen LogP contribution in [-0.4, -0.2) is 24.7 Å². The summed E-state index contributed by atoms with van der Waals surface area (Å²) in [5.41, 5.74) is 2.14. The summed E-state index contributed by atoms with van der Waals surface area (Å²) in [4.78, 5) is 11.0. The van der Waals surface area contributed by atoms with Crippen molar-refractivity contribution in [2.75, 3.05) is 13.7 Å². The van der Waals surface area contributed by atoms with Crippen molar-refractivity contribution in [3.8, 4) is 5.75 Å². The van der Waals surface area contributed by atoms with Crippen LogP contribution in [0.15, 0.2) is 12.1 Å². The lowest BCUT2D eigenvalue weighted by molar-refractivity contribution is -0.141. The highest BCUT2D eigenvalue weighted by molar-refractivity contribution is 6.30. The largest absolute Gasteiger partial charge is 0.496 e. The maximum absolute atomic E-state index is 11.0. The van der Waals surface area contributed by atoms with E-state index in [9.17, 15) is 4.79 Å². The van der Waals surface area contributed by atoms with Gasteiger partial charge < -0.3 is 15.2 Å². The molecule has 2 atom stereocenters. The third-order valence-electron chi connectivity index (χ3n) is 3.64. The Morgan fingerprint density at radius 3 is 2.84 bits per heavy atom. The topological polar surface area (TPSA) is 58.6 Å². The molecular weight excluding hydrogens is 266 g/mol. The highest BCUT2D eigenvalue weighted by atomic mass is 35.5. The minimum atomic E-state index is -0.748. The average Bonchev–Trinajstić information content (AvgIpc) is 2.87. The molecule has 2 N–H and O–H groups in total. The van der Waals surface area contributed by atoms with Gasteiger partial charge >= 0.3 is 5.97 Å². The van der Waals surface area contributed by atoms with Gasteiger partial charge in [0.1, 0.15) is 5.75 Å². The van der Waals surface area contributed by atoms with Crippen molar-refractivity contribution in [1.82, 2.24) is 5.32 Å². The van der Waals surface area contributed by atoms with Crippen molar-refractivity contribution in [3.63, 3.8) is 0 Å². The Labute approximate surface area is 117 Å². The first-order chi connectivity index (χ1) is 9.06. The Kier molecular flexibility index (Phi) is 4.32. The molecule has 1 heterocycles. The number of hydrogen-bond acceptors (Lipinski definition) is 3. The fourth-order valence-corrected chi connectivity index (χ4v) is 2.88. The van der Waals surface area contributed by atoms with Gasteiger partial charge in [-0.2, -0.15) is 0 Å². The van der Waals surface area contributed by atoms with E-state index in [1.807, 2.05) is 6.07 Å². The summed E-state index contributed by atoms with van der Waals surface area (Å²) in [7, 11) is 1.62. The Bertz CT molecular complexity index is 490. The van der Waals surface area contributed by atoms with E-state index >= 15 is 0 Å². The summed E-state index contributed by atoms with van der Waals surface area (Å²) >= 11 is 6.11. The fraction of sp³-hybridized carbons (Fsp3) is 0.500. The number of carboxylic acids is 1. The number of hydrogen-bond donors (Lipinski definition) is 2. The molecule has 1 aliphatic heterocycles. The predicted octanol–water partition coefficient (Wildman–Crippen LogP) is 2.65. The molecule has 4 nitrogen and oxygen atoms in total. The molecule has 104 valence electrons. The first-order valence-electron chi connectivity index (χ1n) is 6.39. The molecule has 1 aromatic carbocycles. The van der Waals surface area contributed by atoms with Crippen LogP contribution in [0.5, 0.6) is 5.75 Å². The van der Waals surface area contributed by atoms with Gasteiger partial charge in [-0.1, -0.05) is 18.5 Å². The Morgan fingerprint density at radius 1 is 1.58 bits per heavy atom. The van der Waals surface area contributed by atoms with Crippen LogP contribution in [0.4, 0.5) is 0 Å². The molecule has 5 heteroatoms. The van der Waals surface area contributed by atoms with Crippen molar-refractivity contribution in [2.24, 2.45) is 5.92 Å². The number of carboxylic acid groups (broad SMARTS) is 1. The molecule has 1 aromatic rings. The molecule has 0 saturated carbocycles. The van der Waals surface area contributed by atoms with E-state index in [0.717, 1.165) is 23.3 Å². The molecule has 0 spiro atoms. The van der Waals surface area contributed by atoms with Gasteiger partial charge in [-0.05, 0) is 36.1 Å². The summed E-state index contributed by atoms with van der Waals surface area (Å²) in [5, 5.41) is 12.9. The molecule has 1 fully saturated rings. The van der Waals surface area contributed by atoms with Gasteiger partial charge in [0.25, 0.3) is 0 Å². The number of nitrogens with one attached hydrogen (secondary N) is 1. The minimum absolute atomic E-state index is 0.0312. The summed E-state index contributed by atoms with van der Waals surface area (Å²) in [6.07, 6.45) is 1.41. The van der Waals surface area contributed by atoms with Gasteiger partial charge in [0.2, 0.25) is 0 Å². The summed E-state index contributed by atoms with van der Waals surface area (Å²) in [5.74, 6) is -0.313. The monoisotopic (exact) mass is 283 g/mol. The van der Waals surface area contributed by atoms with Crippen molar-refractivity contribution in [3.05, 3.63) is 28.3 Å². The maximum Gasteiger partial charge on any atom is 0.307 e. The van der Waals surface area contributed by atoms with Gasteiger partial charge in [0.15, 0.2) is 0 Å². The van der Waals surface area contributed by atoms with Crippen LogP contribution in [0.2, 0.25) is 5.02 Å². The molecule has 0 radical (unpaired) electrons. The van der Waals surface area contributed by atoms with Crippen LogP contribution in [0.25, 0.3) is 0 Å². The van der Waals surface area contributed by atoms with Crippen molar-refractivity contribution < 1.29 is 14.6 Å². The second-order valence-corrected chi connectivity index (χ2v) is 5.20. The van der Waals surface area contributed by atoms with E-state index in [1.54, 1.807) is 13.2 Å². The zero-order chi connectivity index (χ0) is 14.0. The number of halogens is 1. The Morgan fingerprint density at radius 2 is 2.32 bits per heavy atom. The second-order valence-electron chi connectivity index (χ2n) is 4.76. The molecular formula is C14H18ClNO3. The summed E-state index contributed by atoms with van der Waals surface area (Å²) < 4.78 is 5.36. The Balaban J connectivity index is 2.34. The molecule has 0 amide bonds. The Hall–Kier alpha value is -1.26. The summed E-state index contributed by atoms with van der Waals surface area (Å²) in [6, 6.07) is 3.74. The molecule has 0 aromatic heterocycles. The lowest BCUT2D eigenvalue weighted by atomic mass is 9.94. The van der Waals surface area contributed by atoms with Gasteiger partial charge in [-0.3, -0.25) is 4.79 Å². The van der Waals surface area contributed by atoms with Crippen LogP contribution in [0, 0.1) is 5.92 Å². The number of carbonyl (C=O) groups is 1. The van der Waals surface area contributed by atoms with E-state index < -0.39 is 5.97 Å². The molecule has 19 heavy (non-hydrogen) atoms. The molecule has 0 aliphatic carbocycles. The predicted molar refractivity (Wildman–Crippen MR) is 73.9 cm³/mol. The highest BCUT2D eigenvalue weighted by Gasteiger charge is 2.31. The molecule has 1 saturated heterocycles. The quantitative estimate of drug-likeness (QED) is 0.892. The van der Waals surface area contributed by atoms with E-state index in [1.165, 1.54) is 0 Å². The number of aliphatic carboxylic acids is 1. The zero-order valence-electron chi connectivity index (χ0n) is 11.1. The number of methoxy groups -OCH3 is 1. The molecule has 2 unspecified atom stereocenters. The first-order valence-corrected chi connectivity index (χ1v) is 6.77. The first kappa shape index (κ1) is 14.2. The fourth-order valence-electron chi connectivity index (χ4n) is 2.66. The van der Waals surface area contributed by atoms with Crippen molar-refractivity contribution in [1.29, 1.82) is 0 Å². The normalized spacial score (nSPS) is 22.5. The van der Waals surface area contributed by atoms with E-state index in [0.29, 0.717) is 18.0 Å². The van der Waals surface area contributed by atoms with E-state index in [2.05, 4.69) is 12.2 Å². The third kappa shape index (κ3) is 2.85. The van der Waals surface area contributed by atoms with Crippen LogP contribution < -0.4 is 10.1 Å². The average molecular weight is 284 g/mol. The van der Waals surface area contributed by atoms with Crippen molar-refractivity contribution in [2.45, 2.75) is 25.8 Å². The third-order valence-corrected chi connectivity index (χ3v) is 3.86. The molecule has 1 aliphatic rings. The maximum atomic E-state index is 11.0. The number of rotatable bonds is 4. The van der Waals surface area contributed by atoms with Crippen LogP contribution in [0.1, 0.15) is 30.5 Å².